The average molecular weight is 291 g/mol. The molecule has 0 aromatic heterocycles. The van der Waals surface area contributed by atoms with Gasteiger partial charge in [0.05, 0.1) is 13.2 Å². The molecule has 1 aliphatic rings. The predicted molar refractivity (Wildman–Crippen MR) is 86.5 cm³/mol. The van der Waals surface area contributed by atoms with E-state index in [4.69, 9.17) is 9.47 Å². The number of hydrogen-bond acceptors (Lipinski definition) is 3. The van der Waals surface area contributed by atoms with E-state index in [0.29, 0.717) is 19.1 Å². The Bertz CT molecular complexity index is 486. The maximum atomic E-state index is 5.70. The van der Waals surface area contributed by atoms with Crippen molar-refractivity contribution < 1.29 is 9.47 Å². The van der Waals surface area contributed by atoms with Crippen LogP contribution in [0.3, 0.4) is 0 Å². The van der Waals surface area contributed by atoms with Crippen LogP contribution in [0.4, 0.5) is 5.69 Å². The molecule has 0 bridgehead atoms. The highest BCUT2D eigenvalue weighted by Gasteiger charge is 2.11. The summed E-state index contributed by atoms with van der Waals surface area (Å²) in [6, 6.07) is 5.88. The second-order valence-electron chi connectivity index (χ2n) is 5.45. The van der Waals surface area contributed by atoms with Crippen molar-refractivity contribution in [1.29, 1.82) is 0 Å². The Kier molecular flexibility index (Phi) is 5.72. The van der Waals surface area contributed by atoms with E-state index >= 15 is 0 Å². The Balaban J connectivity index is 2.09. The predicted octanol–water partition coefficient (Wildman–Crippen LogP) is 2.88. The van der Waals surface area contributed by atoms with Crippen LogP contribution in [-0.4, -0.2) is 32.3 Å². The summed E-state index contributed by atoms with van der Waals surface area (Å²) >= 11 is 0. The highest BCUT2D eigenvalue weighted by Crippen LogP contribution is 2.32. The number of guanidine groups is 1. The topological polar surface area (TPSA) is 54.9 Å². The van der Waals surface area contributed by atoms with Gasteiger partial charge in [-0.15, -0.1) is 0 Å². The molecule has 0 fully saturated rings. The van der Waals surface area contributed by atoms with Crippen LogP contribution in [0, 0.1) is 5.92 Å². The zero-order chi connectivity index (χ0) is 15.1. The van der Waals surface area contributed by atoms with Crippen molar-refractivity contribution in [2.45, 2.75) is 27.2 Å². The molecule has 0 unspecified atom stereocenters. The van der Waals surface area contributed by atoms with E-state index in [0.717, 1.165) is 42.7 Å². The molecule has 0 spiro atoms. The minimum Gasteiger partial charge on any atom is -0.490 e. The second kappa shape index (κ2) is 7.76. The van der Waals surface area contributed by atoms with Crippen LogP contribution in [0.25, 0.3) is 0 Å². The van der Waals surface area contributed by atoms with Crippen molar-refractivity contribution in [2.24, 2.45) is 10.9 Å². The third kappa shape index (κ3) is 4.85. The van der Waals surface area contributed by atoms with Gasteiger partial charge < -0.3 is 20.1 Å². The summed E-state index contributed by atoms with van der Waals surface area (Å²) in [5, 5.41) is 6.55. The zero-order valence-corrected chi connectivity index (χ0v) is 13.1. The Morgan fingerprint density at radius 1 is 1.24 bits per heavy atom. The lowest BCUT2D eigenvalue weighted by atomic mass is 10.2. The molecule has 0 aliphatic carbocycles. The van der Waals surface area contributed by atoms with E-state index < -0.39 is 0 Å². The molecule has 5 nitrogen and oxygen atoms in total. The standard InChI is InChI=1S/C16H25N3O2/c1-4-17-16(18-11-12(2)3)19-13-6-7-14-15(10-13)21-9-5-8-20-14/h6-7,10,12H,4-5,8-9,11H2,1-3H3,(H2,17,18,19). The summed E-state index contributed by atoms with van der Waals surface area (Å²) in [5.74, 6) is 2.92. The zero-order valence-electron chi connectivity index (χ0n) is 13.1. The third-order valence-electron chi connectivity index (χ3n) is 2.97. The number of nitrogens with one attached hydrogen (secondary N) is 2. The molecule has 1 heterocycles. The van der Waals surface area contributed by atoms with Crippen molar-refractivity contribution in [3.05, 3.63) is 18.2 Å². The van der Waals surface area contributed by atoms with Gasteiger partial charge >= 0.3 is 0 Å². The van der Waals surface area contributed by atoms with Crippen LogP contribution in [0.15, 0.2) is 23.2 Å². The molecule has 5 heteroatoms. The van der Waals surface area contributed by atoms with Gasteiger partial charge in [0, 0.05) is 31.3 Å². The van der Waals surface area contributed by atoms with Crippen LogP contribution in [0.1, 0.15) is 27.2 Å². The molecular formula is C16H25N3O2. The number of hydrogen-bond donors (Lipinski definition) is 2. The van der Waals surface area contributed by atoms with Crippen molar-refractivity contribution in [3.63, 3.8) is 0 Å². The lowest BCUT2D eigenvalue weighted by molar-refractivity contribution is 0.297. The van der Waals surface area contributed by atoms with Gasteiger partial charge in [-0.2, -0.15) is 0 Å². The number of fused-ring (bicyclic) bond motifs is 1. The molecule has 0 atom stereocenters. The SMILES string of the molecule is CCNC(=NCC(C)C)Nc1ccc2c(c1)OCCCO2. The largest absolute Gasteiger partial charge is 0.490 e. The quantitative estimate of drug-likeness (QED) is 0.661. The summed E-state index contributed by atoms with van der Waals surface area (Å²) in [5.41, 5.74) is 0.947. The summed E-state index contributed by atoms with van der Waals surface area (Å²) in [6.07, 6.45) is 0.913. The summed E-state index contributed by atoms with van der Waals surface area (Å²) in [4.78, 5) is 4.56. The third-order valence-corrected chi connectivity index (χ3v) is 2.97. The minimum absolute atomic E-state index is 0.532. The Hall–Kier alpha value is -1.91. The number of nitrogens with zero attached hydrogens (tertiary/aromatic N) is 1. The monoisotopic (exact) mass is 291 g/mol. The fraction of sp³-hybridized carbons (Fsp3) is 0.562. The van der Waals surface area contributed by atoms with Gasteiger partial charge in [0.1, 0.15) is 0 Å². The van der Waals surface area contributed by atoms with Gasteiger partial charge in [-0.1, -0.05) is 13.8 Å². The van der Waals surface area contributed by atoms with E-state index in [-0.39, 0.29) is 0 Å². The molecule has 0 radical (unpaired) electrons. The first-order chi connectivity index (χ1) is 10.2. The molecular weight excluding hydrogens is 266 g/mol. The molecule has 2 rings (SSSR count). The normalized spacial score (nSPS) is 14.8. The van der Waals surface area contributed by atoms with Crippen LogP contribution in [0.2, 0.25) is 0 Å². The van der Waals surface area contributed by atoms with Crippen molar-refractivity contribution in [3.8, 4) is 11.5 Å². The van der Waals surface area contributed by atoms with E-state index in [1.807, 2.05) is 18.2 Å². The van der Waals surface area contributed by atoms with Crippen LogP contribution in [-0.2, 0) is 0 Å². The molecule has 1 aromatic rings. The minimum atomic E-state index is 0.532. The fourth-order valence-corrected chi connectivity index (χ4v) is 1.96. The Morgan fingerprint density at radius 2 is 2.00 bits per heavy atom. The number of rotatable bonds is 4. The average Bonchev–Trinajstić information content (AvgIpc) is 2.69. The number of ether oxygens (including phenoxy) is 2. The molecule has 21 heavy (non-hydrogen) atoms. The summed E-state index contributed by atoms with van der Waals surface area (Å²) in [7, 11) is 0. The highest BCUT2D eigenvalue weighted by atomic mass is 16.5. The first-order valence-corrected chi connectivity index (χ1v) is 7.64. The van der Waals surface area contributed by atoms with Crippen molar-refractivity contribution in [2.75, 3.05) is 31.6 Å². The molecule has 0 saturated heterocycles. The van der Waals surface area contributed by atoms with E-state index in [9.17, 15) is 0 Å². The van der Waals surface area contributed by atoms with Crippen LogP contribution >= 0.6 is 0 Å². The molecule has 0 saturated carbocycles. The van der Waals surface area contributed by atoms with Crippen molar-refractivity contribution >= 4 is 11.6 Å². The highest BCUT2D eigenvalue weighted by molar-refractivity contribution is 5.93. The maximum absolute atomic E-state index is 5.70. The van der Waals surface area contributed by atoms with E-state index in [1.54, 1.807) is 0 Å². The second-order valence-corrected chi connectivity index (χ2v) is 5.45. The first-order valence-electron chi connectivity index (χ1n) is 7.64. The number of anilines is 1. The lowest BCUT2D eigenvalue weighted by Gasteiger charge is -2.14. The molecule has 0 amide bonds. The maximum Gasteiger partial charge on any atom is 0.195 e. The van der Waals surface area contributed by atoms with Gasteiger partial charge in [0.25, 0.3) is 0 Å². The van der Waals surface area contributed by atoms with Gasteiger partial charge in [-0.25, -0.2) is 0 Å². The molecule has 1 aliphatic heterocycles. The van der Waals surface area contributed by atoms with Gasteiger partial charge in [0.15, 0.2) is 17.5 Å². The van der Waals surface area contributed by atoms with Gasteiger partial charge in [-0.05, 0) is 25.0 Å². The lowest BCUT2D eigenvalue weighted by Crippen LogP contribution is -2.31. The van der Waals surface area contributed by atoms with E-state index in [1.165, 1.54) is 0 Å². The smallest absolute Gasteiger partial charge is 0.195 e. The van der Waals surface area contributed by atoms with Crippen LogP contribution in [0.5, 0.6) is 11.5 Å². The van der Waals surface area contributed by atoms with Crippen LogP contribution < -0.4 is 20.1 Å². The van der Waals surface area contributed by atoms with Gasteiger partial charge in [-0.3, -0.25) is 4.99 Å². The van der Waals surface area contributed by atoms with Crippen molar-refractivity contribution in [1.82, 2.24) is 5.32 Å². The van der Waals surface area contributed by atoms with Gasteiger partial charge in [0.2, 0.25) is 0 Å². The Labute approximate surface area is 126 Å². The molecule has 2 N–H and O–H groups in total. The summed E-state index contributed by atoms with van der Waals surface area (Å²) < 4.78 is 11.3. The molecule has 1 aromatic carbocycles. The number of aliphatic imine (C=N–C) groups is 1. The molecule has 116 valence electrons. The fourth-order valence-electron chi connectivity index (χ4n) is 1.96. The number of benzene rings is 1. The Morgan fingerprint density at radius 3 is 2.71 bits per heavy atom. The van der Waals surface area contributed by atoms with E-state index in [2.05, 4.69) is 36.4 Å². The first kappa shape index (κ1) is 15.5. The summed E-state index contributed by atoms with van der Waals surface area (Å²) in [6.45, 7) is 9.38.